The average molecular weight is 179 g/mol. The Morgan fingerprint density at radius 1 is 1.15 bits per heavy atom. The fourth-order valence-corrected chi connectivity index (χ4v) is 1.08. The third-order valence-electron chi connectivity index (χ3n) is 2.25. The monoisotopic (exact) mass is 179 g/mol. The fourth-order valence-electron chi connectivity index (χ4n) is 1.08. The van der Waals surface area contributed by atoms with Crippen molar-refractivity contribution in [2.24, 2.45) is 0 Å². The molecule has 0 unspecified atom stereocenters. The molecule has 0 aliphatic heterocycles. The molecule has 0 saturated heterocycles. The smallest absolute Gasteiger partial charge is 0.0568 e. The van der Waals surface area contributed by atoms with E-state index in [0.717, 1.165) is 5.69 Å². The number of benzene rings is 1. The van der Waals surface area contributed by atoms with Gasteiger partial charge in [-0.1, -0.05) is 0 Å². The molecule has 0 amide bonds. The molecule has 0 heterocycles. The minimum Gasteiger partial charge on any atom is -0.397 e. The van der Waals surface area contributed by atoms with E-state index in [1.165, 1.54) is 0 Å². The molecule has 0 bridgehead atoms. The Morgan fingerprint density at radius 2 is 1.77 bits per heavy atom. The van der Waals surface area contributed by atoms with Crippen molar-refractivity contribution in [3.63, 3.8) is 0 Å². The van der Waals surface area contributed by atoms with E-state index in [4.69, 9.17) is 11.5 Å². The quantitative estimate of drug-likeness (QED) is 0.679. The number of anilines is 3. The molecular formula is C10H17N3. The summed E-state index contributed by atoms with van der Waals surface area (Å²) in [6.07, 6.45) is 0. The average Bonchev–Trinajstić information content (AvgIpc) is 2.08. The van der Waals surface area contributed by atoms with Gasteiger partial charge < -0.3 is 16.4 Å². The topological polar surface area (TPSA) is 55.3 Å². The molecular weight excluding hydrogens is 162 g/mol. The van der Waals surface area contributed by atoms with Crippen LogP contribution in [0.15, 0.2) is 18.2 Å². The Bertz CT molecular complexity index is 294. The van der Waals surface area contributed by atoms with E-state index in [1.54, 1.807) is 0 Å². The Balaban J connectivity index is 2.97. The number of nitrogen functional groups attached to an aromatic ring is 2. The maximum Gasteiger partial charge on any atom is 0.0568 e. The van der Waals surface area contributed by atoms with Crippen LogP contribution in [0.5, 0.6) is 0 Å². The van der Waals surface area contributed by atoms with Crippen LogP contribution in [0.3, 0.4) is 0 Å². The van der Waals surface area contributed by atoms with Crippen LogP contribution < -0.4 is 16.4 Å². The van der Waals surface area contributed by atoms with Crippen molar-refractivity contribution in [3.05, 3.63) is 18.2 Å². The zero-order valence-corrected chi connectivity index (χ0v) is 8.41. The normalized spacial score (nSPS) is 10.5. The number of nitrogens with two attached hydrogens (primary N) is 2. The van der Waals surface area contributed by atoms with Crippen LogP contribution in [0.4, 0.5) is 17.1 Å². The number of hydrogen-bond acceptors (Lipinski definition) is 3. The van der Waals surface area contributed by atoms with Crippen LogP contribution >= 0.6 is 0 Å². The zero-order chi connectivity index (χ0) is 10.0. The molecule has 1 aromatic rings. The van der Waals surface area contributed by atoms with E-state index in [-0.39, 0.29) is 0 Å². The molecule has 1 rings (SSSR count). The van der Waals surface area contributed by atoms with E-state index < -0.39 is 0 Å². The van der Waals surface area contributed by atoms with Gasteiger partial charge in [0.15, 0.2) is 0 Å². The number of hydrogen-bond donors (Lipinski definition) is 2. The van der Waals surface area contributed by atoms with Gasteiger partial charge in [0.25, 0.3) is 0 Å². The van der Waals surface area contributed by atoms with Crippen molar-refractivity contribution in [3.8, 4) is 0 Å². The minimum absolute atomic E-state index is 0.461. The van der Waals surface area contributed by atoms with Gasteiger partial charge in [0.05, 0.1) is 11.4 Å². The minimum atomic E-state index is 0.461. The third-order valence-corrected chi connectivity index (χ3v) is 2.25. The van der Waals surface area contributed by atoms with E-state index in [2.05, 4.69) is 18.7 Å². The summed E-state index contributed by atoms with van der Waals surface area (Å²) in [6.45, 7) is 4.26. The molecule has 72 valence electrons. The Hall–Kier alpha value is -1.38. The summed E-state index contributed by atoms with van der Waals surface area (Å²) >= 11 is 0. The highest BCUT2D eigenvalue weighted by molar-refractivity contribution is 5.69. The summed E-state index contributed by atoms with van der Waals surface area (Å²) in [5, 5.41) is 0. The molecule has 0 aromatic heterocycles. The van der Waals surface area contributed by atoms with Gasteiger partial charge in [0.1, 0.15) is 0 Å². The lowest BCUT2D eigenvalue weighted by molar-refractivity contribution is 0.755. The highest BCUT2D eigenvalue weighted by Crippen LogP contribution is 2.23. The molecule has 3 heteroatoms. The molecule has 1 aromatic carbocycles. The lowest BCUT2D eigenvalue weighted by Crippen LogP contribution is -2.25. The van der Waals surface area contributed by atoms with E-state index in [1.807, 2.05) is 25.2 Å². The summed E-state index contributed by atoms with van der Waals surface area (Å²) in [5.41, 5.74) is 13.7. The van der Waals surface area contributed by atoms with Crippen molar-refractivity contribution in [1.82, 2.24) is 0 Å². The zero-order valence-electron chi connectivity index (χ0n) is 8.41. The van der Waals surface area contributed by atoms with Gasteiger partial charge in [0, 0.05) is 18.8 Å². The molecule has 0 radical (unpaired) electrons. The maximum atomic E-state index is 5.71. The van der Waals surface area contributed by atoms with Gasteiger partial charge in [-0.3, -0.25) is 0 Å². The predicted molar refractivity (Wildman–Crippen MR) is 58.8 cm³/mol. The lowest BCUT2D eigenvalue weighted by atomic mass is 10.2. The highest BCUT2D eigenvalue weighted by Gasteiger charge is 2.05. The first-order chi connectivity index (χ1) is 6.02. The van der Waals surface area contributed by atoms with Crippen LogP contribution in [-0.4, -0.2) is 13.1 Å². The summed E-state index contributed by atoms with van der Waals surface area (Å²) in [7, 11) is 2.04. The molecule has 0 spiro atoms. The third kappa shape index (κ3) is 2.05. The van der Waals surface area contributed by atoms with Crippen LogP contribution in [0, 0.1) is 0 Å². The molecule has 0 fully saturated rings. The molecule has 0 aliphatic rings. The standard InChI is InChI=1S/C10H17N3/c1-7(2)13(3)8-4-5-9(11)10(12)6-8/h4-7H,11-12H2,1-3H3. The van der Waals surface area contributed by atoms with E-state index >= 15 is 0 Å². The molecule has 0 saturated carbocycles. The summed E-state index contributed by atoms with van der Waals surface area (Å²) < 4.78 is 0. The molecule has 0 atom stereocenters. The van der Waals surface area contributed by atoms with Crippen LogP contribution in [-0.2, 0) is 0 Å². The summed E-state index contributed by atoms with van der Waals surface area (Å²) in [4.78, 5) is 2.15. The van der Waals surface area contributed by atoms with Crippen molar-refractivity contribution >= 4 is 17.1 Å². The van der Waals surface area contributed by atoms with Gasteiger partial charge in [-0.05, 0) is 32.0 Å². The number of nitrogens with zero attached hydrogens (tertiary/aromatic N) is 1. The van der Waals surface area contributed by atoms with Gasteiger partial charge in [0.2, 0.25) is 0 Å². The van der Waals surface area contributed by atoms with Crippen molar-refractivity contribution in [1.29, 1.82) is 0 Å². The lowest BCUT2D eigenvalue weighted by Gasteiger charge is -2.24. The molecule has 0 aliphatic carbocycles. The van der Waals surface area contributed by atoms with Crippen LogP contribution in [0.25, 0.3) is 0 Å². The van der Waals surface area contributed by atoms with E-state index in [9.17, 15) is 0 Å². The second kappa shape index (κ2) is 3.56. The van der Waals surface area contributed by atoms with Gasteiger partial charge in [-0.2, -0.15) is 0 Å². The first-order valence-corrected chi connectivity index (χ1v) is 4.40. The SMILES string of the molecule is CC(C)N(C)c1ccc(N)c(N)c1. The first-order valence-electron chi connectivity index (χ1n) is 4.40. The van der Waals surface area contributed by atoms with Gasteiger partial charge in [-0.15, -0.1) is 0 Å². The van der Waals surface area contributed by atoms with Crippen LogP contribution in [0.2, 0.25) is 0 Å². The van der Waals surface area contributed by atoms with Crippen molar-refractivity contribution in [2.45, 2.75) is 19.9 Å². The highest BCUT2D eigenvalue weighted by atomic mass is 15.1. The predicted octanol–water partition coefficient (Wildman–Crippen LogP) is 1.70. The second-order valence-electron chi connectivity index (χ2n) is 3.52. The Labute approximate surface area is 79.3 Å². The first kappa shape index (κ1) is 9.71. The molecule has 4 N–H and O–H groups in total. The summed E-state index contributed by atoms with van der Waals surface area (Å²) in [6, 6.07) is 6.17. The Morgan fingerprint density at radius 3 is 2.23 bits per heavy atom. The Kier molecular flexibility index (Phi) is 2.66. The van der Waals surface area contributed by atoms with Gasteiger partial charge >= 0.3 is 0 Å². The largest absolute Gasteiger partial charge is 0.397 e. The second-order valence-corrected chi connectivity index (χ2v) is 3.52. The van der Waals surface area contributed by atoms with E-state index in [0.29, 0.717) is 17.4 Å². The number of rotatable bonds is 2. The molecule has 13 heavy (non-hydrogen) atoms. The van der Waals surface area contributed by atoms with Crippen molar-refractivity contribution < 1.29 is 0 Å². The maximum absolute atomic E-state index is 5.71. The summed E-state index contributed by atoms with van der Waals surface area (Å²) in [5.74, 6) is 0. The van der Waals surface area contributed by atoms with Crippen molar-refractivity contribution in [2.75, 3.05) is 23.4 Å². The van der Waals surface area contributed by atoms with Gasteiger partial charge in [-0.25, -0.2) is 0 Å². The van der Waals surface area contributed by atoms with Crippen LogP contribution in [0.1, 0.15) is 13.8 Å². The molecule has 3 nitrogen and oxygen atoms in total. The fraction of sp³-hybridized carbons (Fsp3) is 0.400.